The van der Waals surface area contributed by atoms with Crippen LogP contribution < -0.4 is 0 Å². The van der Waals surface area contributed by atoms with Crippen LogP contribution >= 0.6 is 0 Å². The molecule has 0 aromatic heterocycles. The lowest BCUT2D eigenvalue weighted by atomic mass is 9.91. The molecule has 7 heteroatoms. The summed E-state index contributed by atoms with van der Waals surface area (Å²) in [6.07, 6.45) is 0.750. The van der Waals surface area contributed by atoms with Crippen molar-refractivity contribution in [2.45, 2.75) is 51.1 Å². The van der Waals surface area contributed by atoms with Crippen LogP contribution in [0.1, 0.15) is 49.7 Å². The normalized spacial score (nSPS) is 20.7. The van der Waals surface area contributed by atoms with Gasteiger partial charge in [-0.3, -0.25) is 9.59 Å². The van der Waals surface area contributed by atoms with Crippen molar-refractivity contribution in [1.82, 2.24) is 9.80 Å². The standard InChI is InChI=1S/C21H27F3N2O2/c22-21(23,24)18-6-1-4-16(14-18)8-9-17-5-2-12-26(15-17)20(28)10-13-25-11-3-7-19(25)27/h1,4,6,14,17H,2-3,5,7-13,15H2. The van der Waals surface area contributed by atoms with Crippen molar-refractivity contribution >= 4 is 11.8 Å². The number of carbonyl (C=O) groups excluding carboxylic acids is 2. The smallest absolute Gasteiger partial charge is 0.342 e. The van der Waals surface area contributed by atoms with E-state index in [0.717, 1.165) is 44.8 Å². The molecule has 1 unspecified atom stereocenters. The summed E-state index contributed by atoms with van der Waals surface area (Å²) < 4.78 is 38.5. The molecule has 2 fully saturated rings. The Bertz CT molecular complexity index is 705. The number of rotatable bonds is 6. The van der Waals surface area contributed by atoms with Gasteiger partial charge in [-0.2, -0.15) is 13.2 Å². The first-order valence-electron chi connectivity index (χ1n) is 10.0. The van der Waals surface area contributed by atoms with E-state index in [9.17, 15) is 22.8 Å². The Balaban J connectivity index is 1.47. The molecule has 1 aromatic carbocycles. The molecule has 28 heavy (non-hydrogen) atoms. The first-order valence-corrected chi connectivity index (χ1v) is 10.0. The van der Waals surface area contributed by atoms with Gasteiger partial charge in [-0.05, 0) is 49.7 Å². The van der Waals surface area contributed by atoms with Crippen LogP contribution in [0.15, 0.2) is 24.3 Å². The van der Waals surface area contributed by atoms with Crippen LogP contribution in [0.3, 0.4) is 0 Å². The topological polar surface area (TPSA) is 40.6 Å². The van der Waals surface area contributed by atoms with Crippen LogP contribution in [-0.4, -0.2) is 47.8 Å². The van der Waals surface area contributed by atoms with E-state index >= 15 is 0 Å². The zero-order valence-electron chi connectivity index (χ0n) is 16.0. The molecule has 154 valence electrons. The van der Waals surface area contributed by atoms with E-state index in [1.165, 1.54) is 12.1 Å². The van der Waals surface area contributed by atoms with Crippen LogP contribution in [0.4, 0.5) is 13.2 Å². The first-order chi connectivity index (χ1) is 13.3. The minimum Gasteiger partial charge on any atom is -0.342 e. The monoisotopic (exact) mass is 396 g/mol. The minimum absolute atomic E-state index is 0.0727. The largest absolute Gasteiger partial charge is 0.416 e. The summed E-state index contributed by atoms with van der Waals surface area (Å²) in [7, 11) is 0. The number of hydrogen-bond donors (Lipinski definition) is 0. The van der Waals surface area contributed by atoms with E-state index in [0.29, 0.717) is 43.8 Å². The van der Waals surface area contributed by atoms with E-state index in [2.05, 4.69) is 0 Å². The number of alkyl halides is 3. The maximum Gasteiger partial charge on any atom is 0.416 e. The highest BCUT2D eigenvalue weighted by molar-refractivity contribution is 5.80. The van der Waals surface area contributed by atoms with Crippen molar-refractivity contribution in [2.75, 3.05) is 26.2 Å². The van der Waals surface area contributed by atoms with Crippen molar-refractivity contribution in [2.24, 2.45) is 5.92 Å². The van der Waals surface area contributed by atoms with Crippen molar-refractivity contribution in [3.05, 3.63) is 35.4 Å². The van der Waals surface area contributed by atoms with Gasteiger partial charge in [0.2, 0.25) is 11.8 Å². The summed E-state index contributed by atoms with van der Waals surface area (Å²) in [6, 6.07) is 5.50. The van der Waals surface area contributed by atoms with Crippen LogP contribution in [0.2, 0.25) is 0 Å². The molecule has 3 rings (SSSR count). The molecule has 0 saturated carbocycles. The molecule has 0 N–H and O–H groups in total. The second kappa shape index (κ2) is 8.97. The third kappa shape index (κ3) is 5.49. The molecule has 0 bridgehead atoms. The fraction of sp³-hybridized carbons (Fsp3) is 0.619. The van der Waals surface area contributed by atoms with Crippen molar-refractivity contribution in [3.63, 3.8) is 0 Å². The molecule has 0 spiro atoms. The number of aryl methyl sites for hydroxylation is 1. The van der Waals surface area contributed by atoms with Gasteiger partial charge in [0, 0.05) is 39.0 Å². The molecule has 2 amide bonds. The molecule has 2 aliphatic heterocycles. The second-order valence-corrected chi connectivity index (χ2v) is 7.82. The predicted octanol–water partition coefficient (Wildman–Crippen LogP) is 3.89. The number of carbonyl (C=O) groups is 2. The lowest BCUT2D eigenvalue weighted by Crippen LogP contribution is -2.41. The molecule has 0 radical (unpaired) electrons. The third-order valence-electron chi connectivity index (χ3n) is 5.73. The summed E-state index contributed by atoms with van der Waals surface area (Å²) in [5, 5.41) is 0. The second-order valence-electron chi connectivity index (χ2n) is 7.82. The minimum atomic E-state index is -4.32. The number of hydrogen-bond acceptors (Lipinski definition) is 2. The summed E-state index contributed by atoms with van der Waals surface area (Å²) >= 11 is 0. The van der Waals surface area contributed by atoms with Crippen LogP contribution in [-0.2, 0) is 22.2 Å². The van der Waals surface area contributed by atoms with Crippen LogP contribution in [0, 0.1) is 5.92 Å². The average molecular weight is 396 g/mol. The lowest BCUT2D eigenvalue weighted by molar-refractivity contribution is -0.138. The number of likely N-dealkylation sites (tertiary alicyclic amines) is 2. The SMILES string of the molecule is O=C1CCCN1CCC(=O)N1CCCC(CCc2cccc(C(F)(F)F)c2)C1. The molecule has 2 aliphatic rings. The highest BCUT2D eigenvalue weighted by Gasteiger charge is 2.30. The molecule has 4 nitrogen and oxygen atoms in total. The Morgan fingerprint density at radius 2 is 2.00 bits per heavy atom. The number of amides is 2. The Morgan fingerprint density at radius 3 is 2.71 bits per heavy atom. The Kier molecular flexibility index (Phi) is 6.62. The summed E-state index contributed by atoms with van der Waals surface area (Å²) in [5.41, 5.74) is 0.0766. The highest BCUT2D eigenvalue weighted by atomic mass is 19.4. The van der Waals surface area contributed by atoms with Gasteiger partial charge in [0.25, 0.3) is 0 Å². The number of benzene rings is 1. The lowest BCUT2D eigenvalue weighted by Gasteiger charge is -2.33. The number of halogens is 3. The fourth-order valence-electron chi connectivity index (χ4n) is 4.13. The highest BCUT2D eigenvalue weighted by Crippen LogP contribution is 2.30. The van der Waals surface area contributed by atoms with Gasteiger partial charge in [0.1, 0.15) is 0 Å². The number of piperidine rings is 1. The summed E-state index contributed by atoms with van der Waals surface area (Å²) in [4.78, 5) is 27.8. The number of nitrogens with zero attached hydrogens (tertiary/aromatic N) is 2. The molecule has 0 aliphatic carbocycles. The van der Waals surface area contributed by atoms with E-state index in [4.69, 9.17) is 0 Å². The first kappa shape index (κ1) is 20.7. The zero-order valence-corrected chi connectivity index (χ0v) is 16.0. The molecule has 1 atom stereocenters. The maximum absolute atomic E-state index is 12.8. The fourth-order valence-corrected chi connectivity index (χ4v) is 4.13. The molecular formula is C21H27F3N2O2. The van der Waals surface area contributed by atoms with Crippen molar-refractivity contribution < 1.29 is 22.8 Å². The average Bonchev–Trinajstić information content (AvgIpc) is 3.09. The van der Waals surface area contributed by atoms with E-state index in [1.54, 1.807) is 11.0 Å². The molecule has 2 heterocycles. The van der Waals surface area contributed by atoms with E-state index in [1.807, 2.05) is 4.90 Å². The summed E-state index contributed by atoms with van der Waals surface area (Å²) in [6.45, 7) is 2.62. The van der Waals surface area contributed by atoms with Gasteiger partial charge in [-0.15, -0.1) is 0 Å². The molecule has 1 aromatic rings. The van der Waals surface area contributed by atoms with E-state index in [-0.39, 0.29) is 11.8 Å². The van der Waals surface area contributed by atoms with Gasteiger partial charge in [0.15, 0.2) is 0 Å². The molecular weight excluding hydrogens is 369 g/mol. The van der Waals surface area contributed by atoms with Crippen molar-refractivity contribution in [1.29, 1.82) is 0 Å². The predicted molar refractivity (Wildman–Crippen MR) is 99.5 cm³/mol. The van der Waals surface area contributed by atoms with Gasteiger partial charge in [0.05, 0.1) is 5.56 Å². The van der Waals surface area contributed by atoms with Gasteiger partial charge < -0.3 is 9.80 Å². The molecule has 2 saturated heterocycles. The quantitative estimate of drug-likeness (QED) is 0.732. The third-order valence-corrected chi connectivity index (χ3v) is 5.73. The van der Waals surface area contributed by atoms with Gasteiger partial charge in [-0.1, -0.05) is 18.2 Å². The van der Waals surface area contributed by atoms with Crippen LogP contribution in [0.5, 0.6) is 0 Å². The van der Waals surface area contributed by atoms with Gasteiger partial charge in [-0.25, -0.2) is 0 Å². The van der Waals surface area contributed by atoms with Gasteiger partial charge >= 0.3 is 6.18 Å². The van der Waals surface area contributed by atoms with Crippen molar-refractivity contribution in [3.8, 4) is 0 Å². The van der Waals surface area contributed by atoms with Crippen LogP contribution in [0.25, 0.3) is 0 Å². The Morgan fingerprint density at radius 1 is 1.18 bits per heavy atom. The maximum atomic E-state index is 12.8. The summed E-state index contributed by atoms with van der Waals surface area (Å²) in [5.74, 6) is 0.509. The van der Waals surface area contributed by atoms with E-state index < -0.39 is 11.7 Å². The Hall–Kier alpha value is -2.05. The Labute approximate surface area is 163 Å². The zero-order chi connectivity index (χ0) is 20.1.